The highest BCUT2D eigenvalue weighted by Gasteiger charge is 2.13. The van der Waals surface area contributed by atoms with Gasteiger partial charge in [0.15, 0.2) is 0 Å². The van der Waals surface area contributed by atoms with Crippen molar-refractivity contribution in [2.75, 3.05) is 30.4 Å². The van der Waals surface area contributed by atoms with Crippen molar-refractivity contribution in [3.8, 4) is 0 Å². The Labute approximate surface area is 88.5 Å². The van der Waals surface area contributed by atoms with Crippen LogP contribution in [-0.4, -0.2) is 31.2 Å². The summed E-state index contributed by atoms with van der Waals surface area (Å²) in [6.45, 7) is 1.88. The molecule has 2 rings (SSSR count). The molecule has 0 unspecified atom stereocenters. The second kappa shape index (κ2) is 3.81. The van der Waals surface area contributed by atoms with Crippen molar-refractivity contribution >= 4 is 17.3 Å². The number of rotatable bonds is 1. The molecule has 0 saturated heterocycles. The first-order chi connectivity index (χ1) is 7.18. The highest BCUT2D eigenvalue weighted by Crippen LogP contribution is 2.28. The van der Waals surface area contributed by atoms with Crippen molar-refractivity contribution in [3.05, 3.63) is 23.8 Å². The molecule has 1 aromatic carbocycles. The zero-order valence-electron chi connectivity index (χ0n) is 8.66. The first kappa shape index (κ1) is 9.83. The normalized spacial score (nSPS) is 15.1. The van der Waals surface area contributed by atoms with Gasteiger partial charge in [0.2, 0.25) is 0 Å². The predicted octanol–water partition coefficient (Wildman–Crippen LogP) is 1.64. The fourth-order valence-electron chi connectivity index (χ4n) is 1.79. The van der Waals surface area contributed by atoms with E-state index in [0.717, 1.165) is 30.9 Å². The third kappa shape index (κ3) is 1.88. The summed E-state index contributed by atoms with van der Waals surface area (Å²) in [6, 6.07) is 5.18. The van der Waals surface area contributed by atoms with E-state index < -0.39 is 5.97 Å². The molecule has 1 aliphatic heterocycles. The largest absolute Gasteiger partial charge is 0.478 e. The standard InChI is InChI=1S/C11H14N2O2/c1-13-6-2-5-12-9-4-3-8(11(14)15)7-10(9)13/h3-4,7,12H,2,5-6H2,1H3,(H,14,15). The van der Waals surface area contributed by atoms with Crippen LogP contribution in [0.25, 0.3) is 0 Å². The zero-order chi connectivity index (χ0) is 10.8. The molecule has 0 fully saturated rings. The Hall–Kier alpha value is -1.71. The molecule has 0 amide bonds. The van der Waals surface area contributed by atoms with Gasteiger partial charge in [-0.2, -0.15) is 0 Å². The van der Waals surface area contributed by atoms with Crippen LogP contribution in [0.2, 0.25) is 0 Å². The van der Waals surface area contributed by atoms with Gasteiger partial charge in [-0.15, -0.1) is 0 Å². The number of hydrogen-bond donors (Lipinski definition) is 2. The number of nitrogens with zero attached hydrogens (tertiary/aromatic N) is 1. The molecule has 0 atom stereocenters. The van der Waals surface area contributed by atoms with E-state index in [4.69, 9.17) is 5.11 Å². The highest BCUT2D eigenvalue weighted by atomic mass is 16.4. The zero-order valence-corrected chi connectivity index (χ0v) is 8.66. The van der Waals surface area contributed by atoms with Crippen LogP contribution in [-0.2, 0) is 0 Å². The van der Waals surface area contributed by atoms with E-state index in [0.29, 0.717) is 5.56 Å². The van der Waals surface area contributed by atoms with Gasteiger partial charge in [0, 0.05) is 20.1 Å². The van der Waals surface area contributed by atoms with E-state index in [1.165, 1.54) is 0 Å². The smallest absolute Gasteiger partial charge is 0.335 e. The first-order valence-corrected chi connectivity index (χ1v) is 5.01. The third-order valence-electron chi connectivity index (χ3n) is 2.64. The summed E-state index contributed by atoms with van der Waals surface area (Å²) in [5, 5.41) is 12.2. The lowest BCUT2D eigenvalue weighted by molar-refractivity contribution is 0.0697. The molecule has 1 heterocycles. The van der Waals surface area contributed by atoms with Gasteiger partial charge < -0.3 is 15.3 Å². The van der Waals surface area contributed by atoms with E-state index in [1.54, 1.807) is 12.1 Å². The molecule has 0 aromatic heterocycles. The lowest BCUT2D eigenvalue weighted by Crippen LogP contribution is -2.17. The van der Waals surface area contributed by atoms with Gasteiger partial charge in [-0.25, -0.2) is 4.79 Å². The van der Waals surface area contributed by atoms with Gasteiger partial charge in [0.05, 0.1) is 16.9 Å². The average molecular weight is 206 g/mol. The van der Waals surface area contributed by atoms with Crippen LogP contribution in [0.5, 0.6) is 0 Å². The summed E-state index contributed by atoms with van der Waals surface area (Å²) in [7, 11) is 1.98. The van der Waals surface area contributed by atoms with Crippen LogP contribution >= 0.6 is 0 Å². The molecule has 4 nitrogen and oxygen atoms in total. The van der Waals surface area contributed by atoms with Crippen molar-refractivity contribution in [3.63, 3.8) is 0 Å². The maximum absolute atomic E-state index is 10.8. The number of carboxylic acid groups (broad SMARTS) is 1. The lowest BCUT2D eigenvalue weighted by atomic mass is 10.1. The molecule has 4 heteroatoms. The van der Waals surface area contributed by atoms with Gasteiger partial charge in [0.25, 0.3) is 0 Å². The molecular weight excluding hydrogens is 192 g/mol. The Kier molecular flexibility index (Phi) is 2.49. The fraction of sp³-hybridized carbons (Fsp3) is 0.364. The molecule has 80 valence electrons. The van der Waals surface area contributed by atoms with Crippen molar-refractivity contribution in [1.82, 2.24) is 0 Å². The van der Waals surface area contributed by atoms with E-state index in [-0.39, 0.29) is 0 Å². The monoisotopic (exact) mass is 206 g/mol. The van der Waals surface area contributed by atoms with E-state index in [1.807, 2.05) is 13.1 Å². The van der Waals surface area contributed by atoms with Crippen molar-refractivity contribution in [2.45, 2.75) is 6.42 Å². The topological polar surface area (TPSA) is 52.6 Å². The Morgan fingerprint density at radius 1 is 1.53 bits per heavy atom. The SMILES string of the molecule is CN1CCCNc2ccc(C(=O)O)cc21. The summed E-state index contributed by atoms with van der Waals surface area (Å²) in [5.74, 6) is -0.879. The maximum atomic E-state index is 10.8. The summed E-state index contributed by atoms with van der Waals surface area (Å²) in [4.78, 5) is 12.9. The van der Waals surface area contributed by atoms with Gasteiger partial charge in [-0.1, -0.05) is 0 Å². The number of benzene rings is 1. The summed E-state index contributed by atoms with van der Waals surface area (Å²) in [5.41, 5.74) is 2.32. The minimum Gasteiger partial charge on any atom is -0.478 e. The Morgan fingerprint density at radius 3 is 3.07 bits per heavy atom. The van der Waals surface area contributed by atoms with Gasteiger partial charge in [-0.05, 0) is 24.6 Å². The van der Waals surface area contributed by atoms with Gasteiger partial charge in [-0.3, -0.25) is 0 Å². The Bertz CT molecular complexity index is 390. The predicted molar refractivity (Wildman–Crippen MR) is 59.8 cm³/mol. The third-order valence-corrected chi connectivity index (χ3v) is 2.64. The Balaban J connectivity index is 2.44. The number of aromatic carboxylic acids is 1. The number of fused-ring (bicyclic) bond motifs is 1. The molecular formula is C11H14N2O2. The van der Waals surface area contributed by atoms with Crippen LogP contribution in [0, 0.1) is 0 Å². The minimum absolute atomic E-state index is 0.337. The maximum Gasteiger partial charge on any atom is 0.335 e. The van der Waals surface area contributed by atoms with E-state index in [9.17, 15) is 4.79 Å². The molecule has 0 bridgehead atoms. The second-order valence-corrected chi connectivity index (χ2v) is 3.74. The average Bonchev–Trinajstić information content (AvgIpc) is 2.40. The van der Waals surface area contributed by atoms with Crippen LogP contribution in [0.15, 0.2) is 18.2 Å². The second-order valence-electron chi connectivity index (χ2n) is 3.74. The summed E-state index contributed by atoms with van der Waals surface area (Å²) >= 11 is 0. The van der Waals surface area contributed by atoms with Gasteiger partial charge in [0.1, 0.15) is 0 Å². The molecule has 0 radical (unpaired) electrons. The summed E-state index contributed by atoms with van der Waals surface area (Å²) in [6.07, 6.45) is 1.06. The highest BCUT2D eigenvalue weighted by molar-refractivity contribution is 5.91. The fourth-order valence-corrected chi connectivity index (χ4v) is 1.79. The van der Waals surface area contributed by atoms with E-state index in [2.05, 4.69) is 10.2 Å². The van der Waals surface area contributed by atoms with Gasteiger partial charge >= 0.3 is 5.97 Å². The molecule has 1 aliphatic rings. The minimum atomic E-state index is -0.879. The molecule has 1 aromatic rings. The number of hydrogen-bond acceptors (Lipinski definition) is 3. The number of carbonyl (C=O) groups is 1. The molecule has 0 aliphatic carbocycles. The van der Waals surface area contributed by atoms with Crippen LogP contribution in [0.4, 0.5) is 11.4 Å². The van der Waals surface area contributed by atoms with Crippen molar-refractivity contribution in [2.24, 2.45) is 0 Å². The van der Waals surface area contributed by atoms with Crippen molar-refractivity contribution in [1.29, 1.82) is 0 Å². The van der Waals surface area contributed by atoms with Crippen LogP contribution < -0.4 is 10.2 Å². The number of anilines is 2. The summed E-state index contributed by atoms with van der Waals surface area (Å²) < 4.78 is 0. The number of carboxylic acids is 1. The quantitative estimate of drug-likeness (QED) is 0.733. The number of nitrogens with one attached hydrogen (secondary N) is 1. The lowest BCUT2D eigenvalue weighted by Gasteiger charge is -2.19. The molecule has 15 heavy (non-hydrogen) atoms. The van der Waals surface area contributed by atoms with E-state index >= 15 is 0 Å². The molecule has 0 spiro atoms. The van der Waals surface area contributed by atoms with Crippen LogP contribution in [0.3, 0.4) is 0 Å². The first-order valence-electron chi connectivity index (χ1n) is 5.01. The molecule has 0 saturated carbocycles. The van der Waals surface area contributed by atoms with Crippen molar-refractivity contribution < 1.29 is 9.90 Å². The van der Waals surface area contributed by atoms with Crippen LogP contribution in [0.1, 0.15) is 16.8 Å². The molecule has 2 N–H and O–H groups in total. The Morgan fingerprint density at radius 2 is 2.33 bits per heavy atom.